The first kappa shape index (κ1) is 18.4. The Morgan fingerprint density at radius 2 is 1.73 bits per heavy atom. The van der Waals surface area contributed by atoms with Crippen LogP contribution < -0.4 is 4.90 Å². The highest BCUT2D eigenvalue weighted by atomic mass is 16.5. The first-order chi connectivity index (χ1) is 14.6. The van der Waals surface area contributed by atoms with Crippen molar-refractivity contribution < 1.29 is 4.52 Å². The molecule has 30 heavy (non-hydrogen) atoms. The van der Waals surface area contributed by atoms with Crippen LogP contribution in [0.25, 0.3) is 17.7 Å². The van der Waals surface area contributed by atoms with Gasteiger partial charge in [0.05, 0.1) is 0 Å². The first-order valence-electron chi connectivity index (χ1n) is 9.97. The summed E-state index contributed by atoms with van der Waals surface area (Å²) in [4.78, 5) is 6.45. The van der Waals surface area contributed by atoms with Crippen molar-refractivity contribution in [1.29, 1.82) is 0 Å². The molecule has 2 aromatic heterocycles. The zero-order chi connectivity index (χ0) is 20.7. The largest absolute Gasteiger partial charge is 0.378 e. The number of fused-ring (bicyclic) bond motifs is 1. The molecule has 0 fully saturated rings. The van der Waals surface area contributed by atoms with Crippen LogP contribution in [0.15, 0.2) is 65.2 Å². The predicted molar refractivity (Wildman–Crippen MR) is 117 cm³/mol. The van der Waals surface area contributed by atoms with E-state index in [2.05, 4.69) is 106 Å². The smallest absolute Gasteiger partial charge is 0.279 e. The van der Waals surface area contributed by atoms with Crippen molar-refractivity contribution in [3.63, 3.8) is 0 Å². The molecule has 6 nitrogen and oxygen atoms in total. The summed E-state index contributed by atoms with van der Waals surface area (Å²) in [6.07, 6.45) is 5.17. The number of nitrogens with zero attached hydrogens (tertiary/aromatic N) is 4. The topological polar surface area (TPSA) is 70.8 Å². The van der Waals surface area contributed by atoms with Gasteiger partial charge in [-0.2, -0.15) is 10.1 Å². The van der Waals surface area contributed by atoms with Crippen molar-refractivity contribution in [3.8, 4) is 11.6 Å². The molecule has 1 aliphatic rings. The average molecular weight is 397 g/mol. The van der Waals surface area contributed by atoms with E-state index in [1.807, 2.05) is 0 Å². The second-order valence-electron chi connectivity index (χ2n) is 7.90. The fourth-order valence-corrected chi connectivity index (χ4v) is 4.18. The van der Waals surface area contributed by atoms with Gasteiger partial charge in [0.1, 0.15) is 0 Å². The lowest BCUT2D eigenvalue weighted by Gasteiger charge is -2.34. The maximum absolute atomic E-state index is 5.35. The highest BCUT2D eigenvalue weighted by Gasteiger charge is 2.37. The number of anilines is 1. The van der Waals surface area contributed by atoms with Crippen molar-refractivity contribution in [2.24, 2.45) is 0 Å². The Hall–Kier alpha value is -3.67. The van der Waals surface area contributed by atoms with E-state index in [9.17, 15) is 0 Å². The molecule has 2 heterocycles. The normalized spacial score (nSPS) is 17.7. The van der Waals surface area contributed by atoms with Gasteiger partial charge >= 0.3 is 0 Å². The lowest BCUT2D eigenvalue weighted by molar-refractivity contribution is 0.424. The molecule has 1 aliphatic carbocycles. The number of H-pyrrole nitrogens is 1. The number of aromatic amines is 1. The van der Waals surface area contributed by atoms with Gasteiger partial charge < -0.3 is 9.42 Å². The van der Waals surface area contributed by atoms with E-state index in [4.69, 9.17) is 4.52 Å². The summed E-state index contributed by atoms with van der Waals surface area (Å²) in [5.74, 6) is 1.04. The Bertz CT molecular complexity index is 1200. The molecule has 1 N–H and O–H groups in total. The Morgan fingerprint density at radius 3 is 2.40 bits per heavy atom. The van der Waals surface area contributed by atoms with Crippen molar-refractivity contribution in [2.45, 2.75) is 18.8 Å². The molecule has 1 atom stereocenters. The number of aromatic nitrogens is 4. The van der Waals surface area contributed by atoms with Crippen molar-refractivity contribution in [1.82, 2.24) is 20.3 Å². The van der Waals surface area contributed by atoms with Crippen molar-refractivity contribution in [3.05, 3.63) is 88.9 Å². The van der Waals surface area contributed by atoms with Gasteiger partial charge in [0, 0.05) is 42.9 Å². The molecule has 0 spiro atoms. The highest BCUT2D eigenvalue weighted by Crippen LogP contribution is 2.43. The Labute approximate surface area is 175 Å². The van der Waals surface area contributed by atoms with Crippen LogP contribution in [0, 0.1) is 6.92 Å². The monoisotopic (exact) mass is 397 g/mol. The average Bonchev–Trinajstić information content (AvgIpc) is 3.39. The van der Waals surface area contributed by atoms with Crippen LogP contribution in [-0.4, -0.2) is 34.4 Å². The van der Waals surface area contributed by atoms with E-state index >= 15 is 0 Å². The fourth-order valence-electron chi connectivity index (χ4n) is 4.18. The van der Waals surface area contributed by atoms with E-state index in [1.165, 1.54) is 16.8 Å². The number of hydrogen-bond donors (Lipinski definition) is 1. The van der Waals surface area contributed by atoms with Crippen LogP contribution in [0.5, 0.6) is 0 Å². The third kappa shape index (κ3) is 2.92. The summed E-state index contributed by atoms with van der Waals surface area (Å²) >= 11 is 0. The summed E-state index contributed by atoms with van der Waals surface area (Å²) < 4.78 is 5.35. The van der Waals surface area contributed by atoms with E-state index < -0.39 is 0 Å². The van der Waals surface area contributed by atoms with E-state index in [0.717, 1.165) is 17.7 Å². The third-order valence-corrected chi connectivity index (χ3v) is 5.79. The van der Waals surface area contributed by atoms with Crippen LogP contribution in [0.1, 0.15) is 28.2 Å². The van der Waals surface area contributed by atoms with Crippen LogP contribution in [-0.2, 0) is 11.8 Å². The number of allylic oxidation sites excluding steroid dienone is 1. The molecule has 4 aromatic rings. The van der Waals surface area contributed by atoms with Gasteiger partial charge in [0.15, 0.2) is 11.5 Å². The third-order valence-electron chi connectivity index (χ3n) is 5.79. The minimum atomic E-state index is -0.284. The maximum atomic E-state index is 5.35. The molecule has 0 bridgehead atoms. The van der Waals surface area contributed by atoms with Gasteiger partial charge in [0.25, 0.3) is 5.89 Å². The zero-order valence-corrected chi connectivity index (χ0v) is 17.3. The fraction of sp³-hybridized carbons (Fsp3) is 0.208. The molecular formula is C24H23N5O. The van der Waals surface area contributed by atoms with Gasteiger partial charge in [-0.05, 0) is 30.2 Å². The predicted octanol–water partition coefficient (Wildman–Crippen LogP) is 4.39. The molecule has 6 heteroatoms. The molecule has 0 saturated carbocycles. The molecule has 1 unspecified atom stereocenters. The number of hydrogen-bond acceptors (Lipinski definition) is 5. The molecule has 150 valence electrons. The van der Waals surface area contributed by atoms with Gasteiger partial charge in [0.2, 0.25) is 0 Å². The number of aryl methyl sites for hydroxylation is 1. The van der Waals surface area contributed by atoms with E-state index in [0.29, 0.717) is 17.4 Å². The number of rotatable bonds is 4. The quantitative estimate of drug-likeness (QED) is 0.553. The first-order valence-corrected chi connectivity index (χ1v) is 9.97. The van der Waals surface area contributed by atoms with Gasteiger partial charge in [-0.25, -0.2) is 0 Å². The molecule has 2 aromatic carbocycles. The molecule has 0 aliphatic heterocycles. The lowest BCUT2D eigenvalue weighted by atomic mass is 9.68. The molecule has 5 rings (SSSR count). The summed E-state index contributed by atoms with van der Waals surface area (Å²) in [6.45, 7) is 1.81. The van der Waals surface area contributed by atoms with E-state index in [-0.39, 0.29) is 5.41 Å². The molecular weight excluding hydrogens is 374 g/mol. The Morgan fingerprint density at radius 1 is 1.00 bits per heavy atom. The van der Waals surface area contributed by atoms with Crippen molar-refractivity contribution >= 4 is 11.8 Å². The Kier molecular flexibility index (Phi) is 4.28. The Balaban J connectivity index is 1.62. The minimum absolute atomic E-state index is 0.284. The molecule has 0 radical (unpaired) electrons. The van der Waals surface area contributed by atoms with Crippen LogP contribution in [0.2, 0.25) is 0 Å². The zero-order valence-electron chi connectivity index (χ0n) is 17.3. The molecule has 0 saturated heterocycles. The number of nitrogens with one attached hydrogen (secondary N) is 1. The summed E-state index contributed by atoms with van der Waals surface area (Å²) in [5, 5.41) is 11.6. The highest BCUT2D eigenvalue weighted by molar-refractivity contribution is 5.73. The lowest BCUT2D eigenvalue weighted by Crippen LogP contribution is -2.30. The van der Waals surface area contributed by atoms with Crippen LogP contribution in [0.4, 0.5) is 5.69 Å². The summed E-state index contributed by atoms with van der Waals surface area (Å²) in [5.41, 5.74) is 6.15. The van der Waals surface area contributed by atoms with E-state index in [1.54, 1.807) is 6.92 Å². The number of benzene rings is 2. The minimum Gasteiger partial charge on any atom is -0.378 e. The van der Waals surface area contributed by atoms with Crippen LogP contribution in [0.3, 0.4) is 0 Å². The van der Waals surface area contributed by atoms with Gasteiger partial charge in [-0.15, -0.1) is 0 Å². The molecule has 0 amide bonds. The second-order valence-corrected chi connectivity index (χ2v) is 7.90. The van der Waals surface area contributed by atoms with Gasteiger partial charge in [-0.1, -0.05) is 59.8 Å². The van der Waals surface area contributed by atoms with Gasteiger partial charge in [-0.3, -0.25) is 5.10 Å². The maximum Gasteiger partial charge on any atom is 0.279 e. The summed E-state index contributed by atoms with van der Waals surface area (Å²) in [7, 11) is 4.11. The summed E-state index contributed by atoms with van der Waals surface area (Å²) in [6, 6.07) is 19.4. The standard InChI is InChI=1S/C24H23N5O/c1-16-25-23(30-28-16)22-20-13-14-24(15-21(20)26-27-22,17-7-5-4-6-8-17)18-9-11-19(12-10-18)29(2)3/h4-14H,15H2,1-3H3,(H,26,27). The second kappa shape index (κ2) is 6.99. The van der Waals surface area contributed by atoms with Crippen molar-refractivity contribution in [2.75, 3.05) is 19.0 Å². The van der Waals surface area contributed by atoms with Crippen LogP contribution >= 0.6 is 0 Å². The SMILES string of the molecule is Cc1noc(-c2n[nH]c3c2C=CC(c2ccccc2)(c2ccc(N(C)C)cc2)C3)n1.